The zero-order valence-corrected chi connectivity index (χ0v) is 23.8. The van der Waals surface area contributed by atoms with Gasteiger partial charge in [-0.1, -0.05) is 11.6 Å². The molecular weight excluding hydrogens is 562 g/mol. The maximum atomic E-state index is 13.6. The normalized spacial score (nSPS) is 14.4. The fourth-order valence-corrected chi connectivity index (χ4v) is 5.37. The molecule has 3 heterocycles. The smallest absolute Gasteiger partial charge is 0.360 e. The minimum Gasteiger partial charge on any atom is -0.360 e. The number of aryl methyl sites for hydroxylation is 3. The molecule has 1 saturated carbocycles. The van der Waals surface area contributed by atoms with E-state index in [1.807, 2.05) is 27.0 Å². The first-order chi connectivity index (χ1) is 19.7. The highest BCUT2D eigenvalue weighted by Gasteiger charge is 2.37. The maximum absolute atomic E-state index is 13.6. The fourth-order valence-electron chi connectivity index (χ4n) is 5.37. The first kappa shape index (κ1) is 29.7. The molecular formula is C29H32F6N6O. The van der Waals surface area contributed by atoms with E-state index in [9.17, 15) is 26.3 Å². The van der Waals surface area contributed by atoms with Gasteiger partial charge in [-0.2, -0.15) is 31.4 Å². The third kappa shape index (κ3) is 6.19. The lowest BCUT2D eigenvalue weighted by atomic mass is 9.85. The number of hydrogen-bond donors (Lipinski definition) is 0. The summed E-state index contributed by atoms with van der Waals surface area (Å²) in [6.45, 7) is 6.85. The van der Waals surface area contributed by atoms with Crippen LogP contribution in [0.25, 0.3) is 11.0 Å². The Hall–Kier alpha value is -3.77. The van der Waals surface area contributed by atoms with Gasteiger partial charge in [-0.15, -0.1) is 0 Å². The molecule has 0 amide bonds. The molecule has 0 spiro atoms. The van der Waals surface area contributed by atoms with Crippen molar-refractivity contribution >= 4 is 22.7 Å². The quantitative estimate of drug-likeness (QED) is 0.188. The van der Waals surface area contributed by atoms with Gasteiger partial charge in [-0.3, -0.25) is 4.68 Å². The summed E-state index contributed by atoms with van der Waals surface area (Å²) in [6.07, 6.45) is -6.47. The van der Waals surface area contributed by atoms with Gasteiger partial charge in [0.05, 0.1) is 16.8 Å². The van der Waals surface area contributed by atoms with Crippen LogP contribution in [0, 0.1) is 19.8 Å². The summed E-state index contributed by atoms with van der Waals surface area (Å²) in [5, 5.41) is 9.37. The van der Waals surface area contributed by atoms with Crippen LogP contribution >= 0.6 is 0 Å². The van der Waals surface area contributed by atoms with E-state index in [2.05, 4.69) is 15.2 Å². The van der Waals surface area contributed by atoms with Crippen molar-refractivity contribution in [2.45, 2.75) is 65.5 Å². The van der Waals surface area contributed by atoms with E-state index in [1.165, 1.54) is 6.42 Å². The van der Waals surface area contributed by atoms with Crippen LogP contribution < -0.4 is 9.80 Å². The van der Waals surface area contributed by atoms with Crippen LogP contribution in [-0.2, 0) is 32.5 Å². The SMILES string of the molecule is CCN(CC1CCC1)c1nc2c(cc1CN(Cc1cc(C(F)(F)F)cc(C(F)(F)F)c1)c1cc(C)on1)c(C)nn2C. The van der Waals surface area contributed by atoms with Gasteiger partial charge < -0.3 is 14.3 Å². The Morgan fingerprint density at radius 1 is 0.929 bits per heavy atom. The number of nitrogens with zero attached hydrogens (tertiary/aromatic N) is 6. The summed E-state index contributed by atoms with van der Waals surface area (Å²) >= 11 is 0. The average molecular weight is 595 g/mol. The summed E-state index contributed by atoms with van der Waals surface area (Å²) in [4.78, 5) is 8.78. The zero-order chi connectivity index (χ0) is 30.4. The number of aromatic nitrogens is 4. The van der Waals surface area contributed by atoms with Gasteiger partial charge >= 0.3 is 12.4 Å². The van der Waals surface area contributed by atoms with Gasteiger partial charge in [-0.05, 0) is 69.4 Å². The summed E-state index contributed by atoms with van der Waals surface area (Å²) in [5.41, 5.74) is -0.690. The Morgan fingerprint density at radius 2 is 1.60 bits per heavy atom. The molecule has 3 aromatic heterocycles. The van der Waals surface area contributed by atoms with Crippen LogP contribution in [0.4, 0.5) is 38.0 Å². The predicted molar refractivity (Wildman–Crippen MR) is 146 cm³/mol. The van der Waals surface area contributed by atoms with E-state index in [-0.39, 0.29) is 30.5 Å². The number of rotatable bonds is 9. The van der Waals surface area contributed by atoms with E-state index in [0.29, 0.717) is 29.7 Å². The molecule has 0 radical (unpaired) electrons. The van der Waals surface area contributed by atoms with Gasteiger partial charge in [0.2, 0.25) is 0 Å². The van der Waals surface area contributed by atoms with Crippen molar-refractivity contribution in [3.63, 3.8) is 0 Å². The Balaban J connectivity index is 1.60. The van der Waals surface area contributed by atoms with Crippen LogP contribution in [0.3, 0.4) is 0 Å². The van der Waals surface area contributed by atoms with Gasteiger partial charge in [-0.25, -0.2) is 4.98 Å². The maximum Gasteiger partial charge on any atom is 0.416 e. The van der Waals surface area contributed by atoms with Crippen LogP contribution in [0.15, 0.2) is 34.9 Å². The number of anilines is 2. The van der Waals surface area contributed by atoms with Crippen molar-refractivity contribution in [2.24, 2.45) is 13.0 Å². The third-order valence-electron chi connectivity index (χ3n) is 7.76. The monoisotopic (exact) mass is 594 g/mol. The van der Waals surface area contributed by atoms with Crippen molar-refractivity contribution in [3.05, 3.63) is 64.0 Å². The number of pyridine rings is 1. The summed E-state index contributed by atoms with van der Waals surface area (Å²) in [7, 11) is 1.81. The van der Waals surface area contributed by atoms with Gasteiger partial charge in [0.15, 0.2) is 11.5 Å². The molecule has 1 aromatic carbocycles. The molecule has 0 bridgehead atoms. The molecule has 0 saturated heterocycles. The van der Waals surface area contributed by atoms with E-state index < -0.39 is 23.5 Å². The van der Waals surface area contributed by atoms with Crippen molar-refractivity contribution in [1.29, 1.82) is 0 Å². The van der Waals surface area contributed by atoms with Crippen LogP contribution in [0.1, 0.15) is 59.9 Å². The standard InChI is InChI=1S/C29H32F6N6O/c1-5-40(14-19-7-6-8-19)26-21(12-24-18(3)37-39(4)27(24)36-26)16-41(25-9-17(2)42-38-25)15-20-10-22(28(30,31)32)13-23(11-20)29(33,34)35/h9-13,19H,5-8,14-16H2,1-4H3. The topological polar surface area (TPSA) is 63.2 Å². The van der Waals surface area contributed by atoms with Crippen LogP contribution in [-0.4, -0.2) is 33.0 Å². The number of fused-ring (bicyclic) bond motifs is 1. The van der Waals surface area contributed by atoms with Gasteiger partial charge in [0, 0.05) is 50.2 Å². The third-order valence-corrected chi connectivity index (χ3v) is 7.76. The predicted octanol–water partition coefficient (Wildman–Crippen LogP) is 7.44. The molecule has 0 unspecified atom stereocenters. The summed E-state index contributed by atoms with van der Waals surface area (Å²) in [5.74, 6) is 1.97. The zero-order valence-electron chi connectivity index (χ0n) is 23.8. The molecule has 42 heavy (non-hydrogen) atoms. The van der Waals surface area contributed by atoms with Crippen molar-refractivity contribution in [1.82, 2.24) is 19.9 Å². The first-order valence-corrected chi connectivity index (χ1v) is 13.8. The minimum absolute atomic E-state index is 0.108. The largest absolute Gasteiger partial charge is 0.416 e. The second kappa shape index (κ2) is 11.1. The van der Waals surface area contributed by atoms with E-state index >= 15 is 0 Å². The first-order valence-electron chi connectivity index (χ1n) is 13.8. The second-order valence-corrected chi connectivity index (χ2v) is 11.0. The molecule has 1 fully saturated rings. The average Bonchev–Trinajstić information content (AvgIpc) is 3.43. The molecule has 1 aliphatic rings. The molecule has 5 rings (SSSR count). The Kier molecular flexibility index (Phi) is 7.88. The summed E-state index contributed by atoms with van der Waals surface area (Å²) in [6, 6.07) is 5.19. The molecule has 226 valence electrons. The van der Waals surface area contributed by atoms with E-state index in [0.717, 1.165) is 48.2 Å². The van der Waals surface area contributed by atoms with Crippen molar-refractivity contribution < 1.29 is 30.9 Å². The number of halogens is 6. The van der Waals surface area contributed by atoms with Crippen molar-refractivity contribution in [3.8, 4) is 0 Å². The lowest BCUT2D eigenvalue weighted by Crippen LogP contribution is -2.34. The lowest BCUT2D eigenvalue weighted by molar-refractivity contribution is -0.143. The van der Waals surface area contributed by atoms with Crippen LogP contribution in [0.5, 0.6) is 0 Å². The molecule has 0 aliphatic heterocycles. The highest BCUT2D eigenvalue weighted by molar-refractivity contribution is 5.81. The summed E-state index contributed by atoms with van der Waals surface area (Å²) < 4.78 is 88.7. The lowest BCUT2D eigenvalue weighted by Gasteiger charge is -2.34. The van der Waals surface area contributed by atoms with Gasteiger partial charge in [0.25, 0.3) is 0 Å². The molecule has 7 nitrogen and oxygen atoms in total. The highest BCUT2D eigenvalue weighted by Crippen LogP contribution is 2.38. The number of benzene rings is 1. The Labute approximate surface area is 239 Å². The molecule has 0 atom stereocenters. The fraction of sp³-hybridized carbons (Fsp3) is 0.483. The van der Waals surface area contributed by atoms with Crippen LogP contribution in [0.2, 0.25) is 0 Å². The van der Waals surface area contributed by atoms with E-state index in [4.69, 9.17) is 9.51 Å². The minimum atomic E-state index is -4.95. The Morgan fingerprint density at radius 3 is 2.12 bits per heavy atom. The molecule has 1 aliphatic carbocycles. The van der Waals surface area contributed by atoms with Crippen molar-refractivity contribution in [2.75, 3.05) is 22.9 Å². The number of hydrogen-bond acceptors (Lipinski definition) is 6. The molecule has 0 N–H and O–H groups in total. The highest BCUT2D eigenvalue weighted by atomic mass is 19.4. The Bertz CT molecular complexity index is 1540. The molecule has 13 heteroatoms. The van der Waals surface area contributed by atoms with Gasteiger partial charge in [0.1, 0.15) is 11.6 Å². The number of alkyl halides is 6. The second-order valence-electron chi connectivity index (χ2n) is 11.0. The molecule has 4 aromatic rings. The van der Waals surface area contributed by atoms with E-state index in [1.54, 1.807) is 22.6 Å².